The lowest BCUT2D eigenvalue weighted by molar-refractivity contribution is -0.122. The quantitative estimate of drug-likeness (QED) is 0.877. The molecule has 2 rings (SSSR count). The number of nitrogens with one attached hydrogen (secondary N) is 1. The van der Waals surface area contributed by atoms with Crippen molar-refractivity contribution in [3.63, 3.8) is 0 Å². The topological polar surface area (TPSA) is 66.4 Å². The van der Waals surface area contributed by atoms with Gasteiger partial charge in [-0.05, 0) is 42.4 Å². The van der Waals surface area contributed by atoms with Crippen molar-refractivity contribution >= 4 is 11.9 Å². The molecule has 1 aliphatic rings. The molecule has 1 aromatic rings. The van der Waals surface area contributed by atoms with Gasteiger partial charge in [0.05, 0.1) is 5.56 Å². The Morgan fingerprint density at radius 3 is 2.50 bits per heavy atom. The van der Waals surface area contributed by atoms with Crippen molar-refractivity contribution < 1.29 is 14.7 Å². The van der Waals surface area contributed by atoms with Crippen LogP contribution in [0.2, 0.25) is 0 Å². The molecule has 0 aromatic heterocycles. The normalized spacial score (nSPS) is 24.7. The number of carbonyl (C=O) groups is 2. The molecule has 0 radical (unpaired) electrons. The number of hydrogen-bond donors (Lipinski definition) is 2. The smallest absolute Gasteiger partial charge is 0.335 e. The molecule has 22 heavy (non-hydrogen) atoms. The van der Waals surface area contributed by atoms with E-state index in [9.17, 15) is 9.59 Å². The van der Waals surface area contributed by atoms with Gasteiger partial charge in [-0.1, -0.05) is 38.8 Å². The zero-order chi connectivity index (χ0) is 16.1. The summed E-state index contributed by atoms with van der Waals surface area (Å²) in [4.78, 5) is 22.9. The Bertz CT molecular complexity index is 524. The van der Waals surface area contributed by atoms with Gasteiger partial charge in [-0.15, -0.1) is 0 Å². The molecule has 0 heterocycles. The molecule has 4 nitrogen and oxygen atoms in total. The van der Waals surface area contributed by atoms with Crippen molar-refractivity contribution in [3.05, 3.63) is 35.4 Å². The van der Waals surface area contributed by atoms with E-state index in [4.69, 9.17) is 5.11 Å². The zero-order valence-corrected chi connectivity index (χ0v) is 13.3. The number of benzene rings is 1. The molecule has 4 heteroatoms. The van der Waals surface area contributed by atoms with Crippen LogP contribution in [0.4, 0.5) is 0 Å². The maximum Gasteiger partial charge on any atom is 0.335 e. The Balaban J connectivity index is 1.81. The van der Waals surface area contributed by atoms with Crippen LogP contribution in [-0.4, -0.2) is 23.0 Å². The first kappa shape index (κ1) is 16.5. The summed E-state index contributed by atoms with van der Waals surface area (Å²) in [6.07, 6.45) is 4.60. The van der Waals surface area contributed by atoms with Crippen LogP contribution >= 0.6 is 0 Å². The van der Waals surface area contributed by atoms with E-state index in [0.717, 1.165) is 12.0 Å². The third-order valence-corrected chi connectivity index (χ3v) is 4.89. The third-order valence-electron chi connectivity index (χ3n) is 4.89. The summed E-state index contributed by atoms with van der Waals surface area (Å²) in [5.41, 5.74) is 1.27. The molecule has 2 N–H and O–H groups in total. The lowest BCUT2D eigenvalue weighted by Crippen LogP contribution is -2.43. The maximum atomic E-state index is 12.1. The van der Waals surface area contributed by atoms with Crippen molar-refractivity contribution in [1.82, 2.24) is 5.32 Å². The fraction of sp³-hybridized carbons (Fsp3) is 0.556. The fourth-order valence-corrected chi connectivity index (χ4v) is 3.14. The first-order chi connectivity index (χ1) is 10.5. The average molecular weight is 303 g/mol. The summed E-state index contributed by atoms with van der Waals surface area (Å²) in [6, 6.07) is 7.02. The van der Waals surface area contributed by atoms with Gasteiger partial charge >= 0.3 is 5.97 Å². The lowest BCUT2D eigenvalue weighted by atomic mass is 9.78. The Kier molecular flexibility index (Phi) is 5.58. The molecule has 1 aliphatic carbocycles. The Morgan fingerprint density at radius 1 is 1.18 bits per heavy atom. The summed E-state index contributed by atoms with van der Waals surface area (Å²) >= 11 is 0. The third kappa shape index (κ3) is 4.33. The number of aryl methyl sites for hydroxylation is 1. The van der Waals surface area contributed by atoms with Gasteiger partial charge in [-0.2, -0.15) is 0 Å². The second-order valence-corrected chi connectivity index (χ2v) is 6.44. The van der Waals surface area contributed by atoms with E-state index in [1.807, 2.05) is 0 Å². The van der Waals surface area contributed by atoms with Crippen molar-refractivity contribution in [2.45, 2.75) is 52.0 Å². The highest BCUT2D eigenvalue weighted by Gasteiger charge is 2.27. The van der Waals surface area contributed by atoms with Crippen LogP contribution in [0.15, 0.2) is 24.3 Å². The van der Waals surface area contributed by atoms with Gasteiger partial charge in [0.25, 0.3) is 0 Å². The van der Waals surface area contributed by atoms with E-state index in [0.29, 0.717) is 30.7 Å². The zero-order valence-electron chi connectivity index (χ0n) is 13.3. The number of carbonyl (C=O) groups excluding carboxylic acids is 1. The summed E-state index contributed by atoms with van der Waals surface area (Å²) in [5.74, 6) is 0.369. The monoisotopic (exact) mass is 303 g/mol. The van der Waals surface area contributed by atoms with Crippen LogP contribution in [0.5, 0.6) is 0 Å². The van der Waals surface area contributed by atoms with E-state index in [-0.39, 0.29) is 11.5 Å². The number of carboxylic acids is 1. The highest BCUT2D eigenvalue weighted by atomic mass is 16.4. The van der Waals surface area contributed by atoms with Crippen molar-refractivity contribution in [2.75, 3.05) is 0 Å². The van der Waals surface area contributed by atoms with Gasteiger partial charge < -0.3 is 10.4 Å². The van der Waals surface area contributed by atoms with E-state index < -0.39 is 5.97 Å². The Labute approximate surface area is 131 Å². The van der Waals surface area contributed by atoms with Gasteiger partial charge in [0, 0.05) is 12.5 Å². The summed E-state index contributed by atoms with van der Waals surface area (Å²) < 4.78 is 0. The molecule has 1 aromatic carbocycles. The van der Waals surface area contributed by atoms with Crippen LogP contribution in [-0.2, 0) is 11.2 Å². The minimum absolute atomic E-state index is 0.0910. The first-order valence-electron chi connectivity index (χ1n) is 8.09. The fourth-order valence-electron chi connectivity index (χ4n) is 3.14. The lowest BCUT2D eigenvalue weighted by Gasteiger charge is -2.34. The van der Waals surface area contributed by atoms with Gasteiger partial charge in [0.2, 0.25) is 5.91 Å². The van der Waals surface area contributed by atoms with E-state index in [1.54, 1.807) is 24.3 Å². The minimum atomic E-state index is -0.926. The Hall–Kier alpha value is -1.84. The highest BCUT2D eigenvalue weighted by molar-refractivity contribution is 5.87. The van der Waals surface area contributed by atoms with Crippen LogP contribution < -0.4 is 5.32 Å². The molecule has 3 unspecified atom stereocenters. The number of amides is 1. The predicted molar refractivity (Wildman–Crippen MR) is 85.8 cm³/mol. The Morgan fingerprint density at radius 2 is 1.86 bits per heavy atom. The van der Waals surface area contributed by atoms with E-state index in [1.165, 1.54) is 12.8 Å². The molecule has 120 valence electrons. The van der Waals surface area contributed by atoms with Crippen molar-refractivity contribution in [3.8, 4) is 0 Å². The van der Waals surface area contributed by atoms with Crippen LogP contribution in [0.1, 0.15) is 55.5 Å². The summed E-state index contributed by atoms with van der Waals surface area (Å²) in [6.45, 7) is 4.48. The van der Waals surface area contributed by atoms with Gasteiger partial charge in [0.15, 0.2) is 0 Å². The minimum Gasteiger partial charge on any atom is -0.478 e. The molecule has 0 bridgehead atoms. The summed E-state index contributed by atoms with van der Waals surface area (Å²) in [7, 11) is 0. The second kappa shape index (κ2) is 7.43. The van der Waals surface area contributed by atoms with Crippen LogP contribution in [0.25, 0.3) is 0 Å². The highest BCUT2D eigenvalue weighted by Crippen LogP contribution is 2.29. The molecule has 1 fully saturated rings. The van der Waals surface area contributed by atoms with Crippen LogP contribution in [0, 0.1) is 11.8 Å². The van der Waals surface area contributed by atoms with Crippen molar-refractivity contribution in [2.24, 2.45) is 11.8 Å². The predicted octanol–water partition coefficient (Wildman–Crippen LogP) is 3.26. The molecular weight excluding hydrogens is 278 g/mol. The number of hydrogen-bond acceptors (Lipinski definition) is 2. The van der Waals surface area contributed by atoms with Crippen LogP contribution in [0.3, 0.4) is 0 Å². The molecular formula is C18H25NO3. The standard InChI is InChI=1S/C18H25NO3/c1-12-4-3-5-16(13(12)2)19-17(20)11-8-14-6-9-15(10-7-14)18(21)22/h6-7,9-10,12-13,16H,3-5,8,11H2,1-2H3,(H,19,20)(H,21,22). The SMILES string of the molecule is CC1CCCC(NC(=O)CCc2ccc(C(=O)O)cc2)C1C. The summed E-state index contributed by atoms with van der Waals surface area (Å²) in [5, 5.41) is 12.0. The van der Waals surface area contributed by atoms with Gasteiger partial charge in [-0.3, -0.25) is 4.79 Å². The molecule has 0 spiro atoms. The number of rotatable bonds is 5. The molecule has 1 amide bonds. The second-order valence-electron chi connectivity index (χ2n) is 6.44. The molecule has 1 saturated carbocycles. The largest absolute Gasteiger partial charge is 0.478 e. The molecule has 0 saturated heterocycles. The first-order valence-corrected chi connectivity index (χ1v) is 8.09. The van der Waals surface area contributed by atoms with Gasteiger partial charge in [-0.25, -0.2) is 4.79 Å². The van der Waals surface area contributed by atoms with E-state index >= 15 is 0 Å². The van der Waals surface area contributed by atoms with Crippen molar-refractivity contribution in [1.29, 1.82) is 0 Å². The number of aromatic carboxylic acids is 1. The number of carboxylic acid groups (broad SMARTS) is 1. The molecule has 0 aliphatic heterocycles. The van der Waals surface area contributed by atoms with Gasteiger partial charge in [0.1, 0.15) is 0 Å². The molecule has 3 atom stereocenters. The average Bonchev–Trinajstić information content (AvgIpc) is 2.50. The maximum absolute atomic E-state index is 12.1. The van der Waals surface area contributed by atoms with E-state index in [2.05, 4.69) is 19.2 Å².